The van der Waals surface area contributed by atoms with Crippen LogP contribution in [0.4, 0.5) is 17.6 Å². The third-order valence-electron chi connectivity index (χ3n) is 2.99. The van der Waals surface area contributed by atoms with Crippen LogP contribution in [-0.4, -0.2) is 23.0 Å². The van der Waals surface area contributed by atoms with Crippen molar-refractivity contribution >= 4 is 11.9 Å². The van der Waals surface area contributed by atoms with Crippen molar-refractivity contribution in [3.63, 3.8) is 0 Å². The SMILES string of the molecule is CCCCC(NC(=O)c1cc(C(F)(F)F)ccc1F)C(=O)O. The molecular formula is C14H15F4NO3. The number of aliphatic carboxylic acids is 1. The molecule has 0 heterocycles. The van der Waals surface area contributed by atoms with Crippen molar-refractivity contribution in [1.29, 1.82) is 0 Å². The van der Waals surface area contributed by atoms with Gasteiger partial charge in [-0.2, -0.15) is 13.2 Å². The number of unbranched alkanes of at least 4 members (excludes halogenated alkanes) is 1. The van der Waals surface area contributed by atoms with Crippen molar-refractivity contribution < 1.29 is 32.3 Å². The summed E-state index contributed by atoms with van der Waals surface area (Å²) < 4.78 is 51.3. The molecule has 0 bridgehead atoms. The summed E-state index contributed by atoms with van der Waals surface area (Å²) in [4.78, 5) is 22.8. The van der Waals surface area contributed by atoms with Crippen molar-refractivity contribution in [3.8, 4) is 0 Å². The van der Waals surface area contributed by atoms with Gasteiger partial charge >= 0.3 is 12.1 Å². The minimum absolute atomic E-state index is 0.109. The fourth-order valence-corrected chi connectivity index (χ4v) is 1.78. The molecule has 0 aromatic heterocycles. The molecule has 4 nitrogen and oxygen atoms in total. The number of alkyl halides is 3. The fraction of sp³-hybridized carbons (Fsp3) is 0.429. The highest BCUT2D eigenvalue weighted by atomic mass is 19.4. The number of rotatable bonds is 6. The van der Waals surface area contributed by atoms with Crippen molar-refractivity contribution in [2.24, 2.45) is 0 Å². The fourth-order valence-electron chi connectivity index (χ4n) is 1.78. The summed E-state index contributed by atoms with van der Waals surface area (Å²) in [6, 6.07) is 0.127. The van der Waals surface area contributed by atoms with Crippen LogP contribution in [0.15, 0.2) is 18.2 Å². The summed E-state index contributed by atoms with van der Waals surface area (Å²) in [5.41, 5.74) is -2.02. The maximum Gasteiger partial charge on any atom is 0.416 e. The molecule has 0 saturated heterocycles. The number of hydrogen-bond acceptors (Lipinski definition) is 2. The van der Waals surface area contributed by atoms with E-state index in [1.165, 1.54) is 0 Å². The Morgan fingerprint density at radius 2 is 1.95 bits per heavy atom. The van der Waals surface area contributed by atoms with Crippen molar-refractivity contribution in [1.82, 2.24) is 5.32 Å². The summed E-state index contributed by atoms with van der Waals surface area (Å²) in [6.45, 7) is 1.81. The van der Waals surface area contributed by atoms with E-state index in [2.05, 4.69) is 0 Å². The second-order valence-electron chi connectivity index (χ2n) is 4.70. The van der Waals surface area contributed by atoms with E-state index in [0.29, 0.717) is 31.0 Å². The molecule has 2 N–H and O–H groups in total. The molecule has 0 fully saturated rings. The highest BCUT2D eigenvalue weighted by Gasteiger charge is 2.32. The molecule has 1 amide bonds. The smallest absolute Gasteiger partial charge is 0.416 e. The van der Waals surface area contributed by atoms with Crippen LogP contribution < -0.4 is 5.32 Å². The van der Waals surface area contributed by atoms with Gasteiger partial charge in [-0.1, -0.05) is 19.8 Å². The molecular weight excluding hydrogens is 306 g/mol. The molecule has 1 unspecified atom stereocenters. The third-order valence-corrected chi connectivity index (χ3v) is 2.99. The molecule has 0 aliphatic heterocycles. The lowest BCUT2D eigenvalue weighted by atomic mass is 10.1. The van der Waals surface area contributed by atoms with Crippen molar-refractivity contribution in [3.05, 3.63) is 35.1 Å². The molecule has 0 saturated carbocycles. The third kappa shape index (κ3) is 4.71. The van der Waals surface area contributed by atoms with E-state index in [4.69, 9.17) is 5.11 Å². The van der Waals surface area contributed by atoms with E-state index in [0.717, 1.165) is 0 Å². The molecule has 1 aromatic rings. The molecule has 1 aromatic carbocycles. The van der Waals surface area contributed by atoms with Crippen LogP contribution >= 0.6 is 0 Å². The number of hydrogen-bond donors (Lipinski definition) is 2. The van der Waals surface area contributed by atoms with Crippen LogP contribution in [0.2, 0.25) is 0 Å². The van der Waals surface area contributed by atoms with Crippen LogP contribution in [0.3, 0.4) is 0 Å². The highest BCUT2D eigenvalue weighted by Crippen LogP contribution is 2.30. The summed E-state index contributed by atoms with van der Waals surface area (Å²) >= 11 is 0. The van der Waals surface area contributed by atoms with E-state index in [1.54, 1.807) is 0 Å². The van der Waals surface area contributed by atoms with Gasteiger partial charge in [-0.25, -0.2) is 9.18 Å². The maximum absolute atomic E-state index is 13.5. The molecule has 0 radical (unpaired) electrons. The first kappa shape index (κ1) is 17.9. The lowest BCUT2D eigenvalue weighted by Gasteiger charge is -2.15. The van der Waals surface area contributed by atoms with E-state index in [9.17, 15) is 27.2 Å². The van der Waals surface area contributed by atoms with Gasteiger partial charge in [-0.05, 0) is 24.6 Å². The van der Waals surface area contributed by atoms with Gasteiger partial charge in [0.15, 0.2) is 0 Å². The maximum atomic E-state index is 13.5. The molecule has 22 heavy (non-hydrogen) atoms. The van der Waals surface area contributed by atoms with Crippen LogP contribution in [-0.2, 0) is 11.0 Å². The first-order valence-corrected chi connectivity index (χ1v) is 6.57. The van der Waals surface area contributed by atoms with Crippen LogP contribution in [0.1, 0.15) is 42.1 Å². The van der Waals surface area contributed by atoms with E-state index < -0.39 is 41.0 Å². The summed E-state index contributed by atoms with van der Waals surface area (Å²) in [6.07, 6.45) is -3.44. The molecule has 0 spiro atoms. The lowest BCUT2D eigenvalue weighted by Crippen LogP contribution is -2.41. The number of carbonyl (C=O) groups excluding carboxylic acids is 1. The Labute approximate surface area is 124 Å². The summed E-state index contributed by atoms with van der Waals surface area (Å²) in [5, 5.41) is 11.0. The van der Waals surface area contributed by atoms with Gasteiger partial charge in [0.1, 0.15) is 11.9 Å². The molecule has 8 heteroatoms. The lowest BCUT2D eigenvalue weighted by molar-refractivity contribution is -0.139. The Morgan fingerprint density at radius 3 is 2.45 bits per heavy atom. The topological polar surface area (TPSA) is 66.4 Å². The first-order chi connectivity index (χ1) is 10.2. The Balaban J connectivity index is 2.99. The van der Waals surface area contributed by atoms with Gasteiger partial charge in [0.2, 0.25) is 0 Å². The second-order valence-corrected chi connectivity index (χ2v) is 4.70. The molecule has 0 aliphatic rings. The minimum atomic E-state index is -4.73. The number of carboxylic acid groups (broad SMARTS) is 1. The number of amides is 1. The number of benzene rings is 1. The van der Waals surface area contributed by atoms with E-state index >= 15 is 0 Å². The van der Waals surface area contributed by atoms with Gasteiger partial charge in [-0.3, -0.25) is 4.79 Å². The normalized spacial score (nSPS) is 12.8. The molecule has 1 atom stereocenters. The van der Waals surface area contributed by atoms with Crippen LogP contribution in [0, 0.1) is 5.82 Å². The standard InChI is InChI=1S/C14H15F4NO3/c1-2-3-4-11(13(21)22)19-12(20)9-7-8(14(16,17)18)5-6-10(9)15/h5-7,11H,2-4H2,1H3,(H,19,20)(H,21,22). The van der Waals surface area contributed by atoms with Gasteiger partial charge in [0.05, 0.1) is 11.1 Å². The Hall–Kier alpha value is -2.12. The van der Waals surface area contributed by atoms with Gasteiger partial charge in [0.25, 0.3) is 5.91 Å². The quantitative estimate of drug-likeness (QED) is 0.791. The van der Waals surface area contributed by atoms with E-state index in [-0.39, 0.29) is 6.42 Å². The number of carbonyl (C=O) groups is 2. The molecule has 0 aliphatic carbocycles. The van der Waals surface area contributed by atoms with Crippen LogP contribution in [0.5, 0.6) is 0 Å². The number of nitrogens with one attached hydrogen (secondary N) is 1. The van der Waals surface area contributed by atoms with Crippen LogP contribution in [0.25, 0.3) is 0 Å². The minimum Gasteiger partial charge on any atom is -0.480 e. The average Bonchev–Trinajstić information content (AvgIpc) is 2.42. The molecule has 122 valence electrons. The van der Waals surface area contributed by atoms with E-state index in [1.807, 2.05) is 12.2 Å². The number of halogens is 4. The largest absolute Gasteiger partial charge is 0.480 e. The summed E-state index contributed by atoms with van der Waals surface area (Å²) in [7, 11) is 0. The zero-order chi connectivity index (χ0) is 16.9. The van der Waals surface area contributed by atoms with Crippen molar-refractivity contribution in [2.75, 3.05) is 0 Å². The summed E-state index contributed by atoms with van der Waals surface area (Å²) in [5.74, 6) is -3.66. The Kier molecular flexibility index (Phi) is 5.90. The van der Waals surface area contributed by atoms with Gasteiger partial charge in [-0.15, -0.1) is 0 Å². The zero-order valence-corrected chi connectivity index (χ0v) is 11.7. The average molecular weight is 321 g/mol. The predicted octanol–water partition coefficient (Wildman–Crippen LogP) is 3.22. The predicted molar refractivity (Wildman–Crippen MR) is 69.8 cm³/mol. The van der Waals surface area contributed by atoms with Gasteiger partial charge in [0, 0.05) is 0 Å². The number of carboxylic acids is 1. The zero-order valence-electron chi connectivity index (χ0n) is 11.7. The highest BCUT2D eigenvalue weighted by molar-refractivity contribution is 5.97. The second kappa shape index (κ2) is 7.24. The Morgan fingerprint density at radius 1 is 1.32 bits per heavy atom. The molecule has 1 rings (SSSR count). The van der Waals surface area contributed by atoms with Crippen molar-refractivity contribution in [2.45, 2.75) is 38.4 Å². The Bertz CT molecular complexity index is 558. The monoisotopic (exact) mass is 321 g/mol. The van der Waals surface area contributed by atoms with Gasteiger partial charge < -0.3 is 10.4 Å². The first-order valence-electron chi connectivity index (χ1n) is 6.57.